The lowest BCUT2D eigenvalue weighted by Crippen LogP contribution is -2.06. The van der Waals surface area contributed by atoms with Crippen molar-refractivity contribution in [1.29, 1.82) is 5.26 Å². The zero-order valence-corrected chi connectivity index (χ0v) is 10.7. The molecule has 0 aliphatic carbocycles. The fraction of sp³-hybridized carbons (Fsp3) is 0.300. The Hall–Kier alpha value is -1.39. The van der Waals surface area contributed by atoms with Crippen LogP contribution in [0.4, 0.5) is 8.78 Å². The normalized spacial score (nSPS) is 11.3. The van der Waals surface area contributed by atoms with Crippen molar-refractivity contribution in [2.45, 2.75) is 24.9 Å². The molecule has 8 heteroatoms. The summed E-state index contributed by atoms with van der Waals surface area (Å²) in [6.45, 7) is -1.50. The maximum Gasteiger partial charge on any atom is 0.387 e. The van der Waals surface area contributed by atoms with Gasteiger partial charge >= 0.3 is 6.61 Å². The molecule has 4 nitrogen and oxygen atoms in total. The van der Waals surface area contributed by atoms with Gasteiger partial charge in [-0.15, -0.1) is 0 Å². The highest BCUT2D eigenvalue weighted by Crippen LogP contribution is 2.29. The van der Waals surface area contributed by atoms with Crippen molar-refractivity contribution in [2.24, 2.45) is 0 Å². The van der Waals surface area contributed by atoms with Crippen molar-refractivity contribution in [3.63, 3.8) is 0 Å². The lowest BCUT2D eigenvalue weighted by Gasteiger charge is -2.11. The van der Waals surface area contributed by atoms with Crippen molar-refractivity contribution in [3.8, 4) is 11.8 Å². The zero-order chi connectivity index (χ0) is 13.9. The average Bonchev–Trinajstić information content (AvgIpc) is 2.25. The first-order valence-corrected chi connectivity index (χ1v) is 7.07. The van der Waals surface area contributed by atoms with Gasteiger partial charge in [0.25, 0.3) is 9.05 Å². The van der Waals surface area contributed by atoms with Crippen LogP contribution >= 0.6 is 10.7 Å². The summed E-state index contributed by atoms with van der Waals surface area (Å²) >= 11 is 0. The third kappa shape index (κ3) is 3.31. The summed E-state index contributed by atoms with van der Waals surface area (Å²) in [5.74, 6) is -0.419. The van der Waals surface area contributed by atoms with E-state index in [0.717, 1.165) is 12.1 Å². The van der Waals surface area contributed by atoms with E-state index in [1.165, 1.54) is 0 Å². The third-order valence-corrected chi connectivity index (χ3v) is 3.53. The van der Waals surface area contributed by atoms with E-state index in [2.05, 4.69) is 4.74 Å². The monoisotopic (exact) mass is 295 g/mol. The van der Waals surface area contributed by atoms with Gasteiger partial charge < -0.3 is 4.74 Å². The minimum Gasteiger partial charge on any atom is -0.435 e. The first kappa shape index (κ1) is 14.7. The molecule has 0 saturated carbocycles. The van der Waals surface area contributed by atoms with E-state index < -0.39 is 21.4 Å². The molecular weight excluding hydrogens is 288 g/mol. The quantitative estimate of drug-likeness (QED) is 0.801. The number of hydrogen-bond acceptors (Lipinski definition) is 4. The molecule has 0 unspecified atom stereocenters. The van der Waals surface area contributed by atoms with Crippen LogP contribution in [0.5, 0.6) is 5.75 Å². The van der Waals surface area contributed by atoms with Gasteiger partial charge in [0.2, 0.25) is 0 Å². The van der Waals surface area contributed by atoms with Crippen LogP contribution in [0, 0.1) is 11.3 Å². The van der Waals surface area contributed by atoms with E-state index >= 15 is 0 Å². The lowest BCUT2D eigenvalue weighted by molar-refractivity contribution is -0.0500. The Morgan fingerprint density at radius 3 is 2.50 bits per heavy atom. The number of ether oxygens (including phenoxy) is 1. The molecule has 0 radical (unpaired) electrons. The van der Waals surface area contributed by atoms with E-state index in [4.69, 9.17) is 15.9 Å². The Morgan fingerprint density at radius 2 is 2.11 bits per heavy atom. The van der Waals surface area contributed by atoms with Gasteiger partial charge in [-0.1, -0.05) is 6.92 Å². The first-order valence-electron chi connectivity index (χ1n) is 4.76. The topological polar surface area (TPSA) is 67.2 Å². The summed E-state index contributed by atoms with van der Waals surface area (Å²) in [7, 11) is 1.06. The van der Waals surface area contributed by atoms with Crippen molar-refractivity contribution in [2.75, 3.05) is 0 Å². The fourth-order valence-corrected chi connectivity index (χ4v) is 2.69. The Balaban J connectivity index is 3.52. The molecule has 0 saturated heterocycles. The molecule has 1 rings (SSSR count). The van der Waals surface area contributed by atoms with Crippen LogP contribution in [0.1, 0.15) is 18.1 Å². The Labute approximate surface area is 107 Å². The standard InChI is InChI=1S/C10H8ClF2NO3S/c1-2-8-6(5-14)3-7(17-10(12)13)4-9(8)18(11,15)16/h3-4,10H,2H2,1H3. The molecule has 0 aliphatic heterocycles. The lowest BCUT2D eigenvalue weighted by atomic mass is 10.1. The number of hydrogen-bond donors (Lipinski definition) is 0. The van der Waals surface area contributed by atoms with E-state index in [-0.39, 0.29) is 22.4 Å². The Bertz CT molecular complexity index is 596. The maximum absolute atomic E-state index is 12.1. The minimum absolute atomic E-state index is 0.0603. The second-order valence-corrected chi connectivity index (χ2v) is 5.76. The molecule has 98 valence electrons. The molecular formula is C10H8ClF2NO3S. The van der Waals surface area contributed by atoms with Gasteiger partial charge in [0.1, 0.15) is 5.75 Å². The predicted molar refractivity (Wildman–Crippen MR) is 60.2 cm³/mol. The summed E-state index contributed by atoms with van der Waals surface area (Å²) in [6.07, 6.45) is 0.221. The highest BCUT2D eigenvalue weighted by Gasteiger charge is 2.20. The Kier molecular flexibility index (Phi) is 4.48. The molecule has 18 heavy (non-hydrogen) atoms. The molecule has 0 heterocycles. The van der Waals surface area contributed by atoms with Gasteiger partial charge in [-0.25, -0.2) is 8.42 Å². The summed E-state index contributed by atoms with van der Waals surface area (Å²) in [4.78, 5) is -0.388. The zero-order valence-electron chi connectivity index (χ0n) is 9.15. The van der Waals surface area contributed by atoms with E-state index in [1.54, 1.807) is 13.0 Å². The molecule has 0 bridgehead atoms. The van der Waals surface area contributed by atoms with Crippen LogP contribution in [0.3, 0.4) is 0 Å². The summed E-state index contributed by atoms with van der Waals surface area (Å²) < 4.78 is 50.9. The predicted octanol–water partition coefficient (Wildman–Crippen LogP) is 2.65. The highest BCUT2D eigenvalue weighted by atomic mass is 35.7. The van der Waals surface area contributed by atoms with Crippen molar-refractivity contribution in [1.82, 2.24) is 0 Å². The van der Waals surface area contributed by atoms with Crippen LogP contribution < -0.4 is 4.74 Å². The second kappa shape index (κ2) is 5.50. The van der Waals surface area contributed by atoms with Crippen molar-refractivity contribution >= 4 is 19.7 Å². The number of halogens is 3. The molecule has 1 aromatic rings. The maximum atomic E-state index is 12.1. The number of nitrogens with zero attached hydrogens (tertiary/aromatic N) is 1. The molecule has 1 aromatic carbocycles. The summed E-state index contributed by atoms with van der Waals surface area (Å²) in [5, 5.41) is 8.87. The molecule has 0 aromatic heterocycles. The highest BCUT2D eigenvalue weighted by molar-refractivity contribution is 8.13. The Morgan fingerprint density at radius 1 is 1.50 bits per heavy atom. The second-order valence-electron chi connectivity index (χ2n) is 3.23. The largest absolute Gasteiger partial charge is 0.435 e. The van der Waals surface area contributed by atoms with Gasteiger partial charge in [0, 0.05) is 16.7 Å². The average molecular weight is 296 g/mol. The molecule has 0 aliphatic rings. The number of benzene rings is 1. The van der Waals surface area contributed by atoms with E-state index in [1.807, 2.05) is 0 Å². The van der Waals surface area contributed by atoms with Gasteiger partial charge in [-0.05, 0) is 18.1 Å². The van der Waals surface area contributed by atoms with Crippen LogP contribution in [0.25, 0.3) is 0 Å². The molecule has 0 fully saturated rings. The summed E-state index contributed by atoms with van der Waals surface area (Å²) in [5.41, 5.74) is 0.115. The van der Waals surface area contributed by atoms with Gasteiger partial charge in [-0.3, -0.25) is 0 Å². The number of alkyl halides is 2. The van der Waals surface area contributed by atoms with Gasteiger partial charge in [-0.2, -0.15) is 14.0 Å². The SMILES string of the molecule is CCc1c(C#N)cc(OC(F)F)cc1S(=O)(=O)Cl. The molecule has 0 atom stereocenters. The smallest absolute Gasteiger partial charge is 0.387 e. The van der Waals surface area contributed by atoms with Gasteiger partial charge in [0.15, 0.2) is 0 Å². The van der Waals surface area contributed by atoms with Crippen LogP contribution in [0.15, 0.2) is 17.0 Å². The van der Waals surface area contributed by atoms with E-state index in [9.17, 15) is 17.2 Å². The fourth-order valence-electron chi connectivity index (χ4n) is 1.47. The van der Waals surface area contributed by atoms with Crippen LogP contribution in [-0.4, -0.2) is 15.0 Å². The third-order valence-electron chi connectivity index (χ3n) is 2.14. The van der Waals surface area contributed by atoms with Crippen molar-refractivity contribution < 1.29 is 21.9 Å². The number of nitriles is 1. The minimum atomic E-state index is -4.14. The van der Waals surface area contributed by atoms with Gasteiger partial charge in [0.05, 0.1) is 16.5 Å². The number of rotatable bonds is 4. The van der Waals surface area contributed by atoms with E-state index in [0.29, 0.717) is 0 Å². The molecule has 0 spiro atoms. The molecule has 0 amide bonds. The summed E-state index contributed by atoms with van der Waals surface area (Å²) in [6, 6.07) is 3.66. The molecule has 0 N–H and O–H groups in total. The van der Waals surface area contributed by atoms with Crippen LogP contribution in [-0.2, 0) is 15.5 Å². The van der Waals surface area contributed by atoms with Crippen molar-refractivity contribution in [3.05, 3.63) is 23.3 Å². The first-order chi connectivity index (χ1) is 8.29. The van der Waals surface area contributed by atoms with Crippen LogP contribution in [0.2, 0.25) is 0 Å².